The summed E-state index contributed by atoms with van der Waals surface area (Å²) < 4.78 is 5.59. The van der Waals surface area contributed by atoms with Gasteiger partial charge in [0.05, 0.1) is 0 Å². The summed E-state index contributed by atoms with van der Waals surface area (Å²) in [5.74, 6) is 0.711. The van der Waals surface area contributed by atoms with Crippen molar-refractivity contribution >= 4 is 22.9 Å². The SMILES string of the molecule is OCCc1ccccc1Oc1nc(Cl)cs1. The molecule has 0 radical (unpaired) electrons. The standard InChI is InChI=1S/C11H10ClNO2S/c12-10-7-16-11(13-10)15-9-4-2-1-3-8(9)5-6-14/h1-4,7,14H,5-6H2. The molecule has 2 rings (SSSR count). The van der Waals surface area contributed by atoms with Crippen molar-refractivity contribution < 1.29 is 9.84 Å². The first-order valence-electron chi connectivity index (χ1n) is 4.77. The van der Waals surface area contributed by atoms with E-state index in [0.29, 0.717) is 22.5 Å². The maximum atomic E-state index is 8.92. The first-order chi connectivity index (χ1) is 7.79. The molecule has 2 aromatic rings. The van der Waals surface area contributed by atoms with Crippen molar-refractivity contribution in [2.45, 2.75) is 6.42 Å². The summed E-state index contributed by atoms with van der Waals surface area (Å²) in [6.45, 7) is 0.0962. The minimum Gasteiger partial charge on any atom is -0.431 e. The molecule has 0 unspecified atom stereocenters. The largest absolute Gasteiger partial charge is 0.431 e. The maximum Gasteiger partial charge on any atom is 0.280 e. The maximum absolute atomic E-state index is 8.92. The van der Waals surface area contributed by atoms with Gasteiger partial charge in [-0.15, -0.1) is 0 Å². The van der Waals surface area contributed by atoms with Gasteiger partial charge in [-0.25, -0.2) is 0 Å². The molecule has 0 saturated heterocycles. The monoisotopic (exact) mass is 255 g/mol. The lowest BCUT2D eigenvalue weighted by Gasteiger charge is -2.07. The van der Waals surface area contributed by atoms with Gasteiger partial charge in [0.25, 0.3) is 5.19 Å². The van der Waals surface area contributed by atoms with Crippen LogP contribution in [-0.2, 0) is 6.42 Å². The fourth-order valence-corrected chi connectivity index (χ4v) is 2.11. The number of halogens is 1. The third-order valence-corrected chi connectivity index (χ3v) is 3.05. The van der Waals surface area contributed by atoms with E-state index in [1.807, 2.05) is 24.3 Å². The molecular formula is C11H10ClNO2S. The number of rotatable bonds is 4. The molecule has 0 aliphatic carbocycles. The number of hydrogen-bond acceptors (Lipinski definition) is 4. The summed E-state index contributed by atoms with van der Waals surface area (Å²) in [5.41, 5.74) is 0.955. The number of aromatic nitrogens is 1. The average Bonchev–Trinajstić information content (AvgIpc) is 2.67. The van der Waals surface area contributed by atoms with Crippen LogP contribution in [-0.4, -0.2) is 16.7 Å². The van der Waals surface area contributed by atoms with Crippen LogP contribution in [0.2, 0.25) is 5.15 Å². The van der Waals surface area contributed by atoms with Crippen molar-refractivity contribution in [2.75, 3.05) is 6.61 Å². The lowest BCUT2D eigenvalue weighted by molar-refractivity contribution is 0.298. The van der Waals surface area contributed by atoms with Crippen LogP contribution in [0.4, 0.5) is 0 Å². The third-order valence-electron chi connectivity index (χ3n) is 2.01. The van der Waals surface area contributed by atoms with E-state index < -0.39 is 0 Å². The summed E-state index contributed by atoms with van der Waals surface area (Å²) in [5, 5.41) is 11.6. The van der Waals surface area contributed by atoms with Gasteiger partial charge in [-0.3, -0.25) is 0 Å². The zero-order valence-electron chi connectivity index (χ0n) is 8.39. The lowest BCUT2D eigenvalue weighted by atomic mass is 10.1. The van der Waals surface area contributed by atoms with Crippen LogP contribution in [0, 0.1) is 0 Å². The summed E-state index contributed by atoms with van der Waals surface area (Å²) in [7, 11) is 0. The van der Waals surface area contributed by atoms with E-state index in [1.54, 1.807) is 5.38 Å². The van der Waals surface area contributed by atoms with E-state index in [9.17, 15) is 0 Å². The van der Waals surface area contributed by atoms with Gasteiger partial charge in [0.1, 0.15) is 10.9 Å². The lowest BCUT2D eigenvalue weighted by Crippen LogP contribution is -1.94. The molecule has 1 heterocycles. The number of nitrogens with zero attached hydrogens (tertiary/aromatic N) is 1. The molecule has 0 spiro atoms. The molecule has 0 atom stereocenters. The van der Waals surface area contributed by atoms with E-state index >= 15 is 0 Å². The zero-order valence-corrected chi connectivity index (χ0v) is 9.96. The Morgan fingerprint density at radius 2 is 2.19 bits per heavy atom. The molecule has 0 amide bonds. The predicted octanol–water partition coefficient (Wildman–Crippen LogP) is 3.12. The quantitative estimate of drug-likeness (QED) is 0.913. The number of thiazole rings is 1. The molecule has 0 saturated carbocycles. The summed E-state index contributed by atoms with van der Waals surface area (Å²) in [6, 6.07) is 7.55. The Bertz CT molecular complexity index is 473. The van der Waals surface area contributed by atoms with E-state index in [-0.39, 0.29) is 6.61 Å². The molecule has 16 heavy (non-hydrogen) atoms. The fourth-order valence-electron chi connectivity index (χ4n) is 1.31. The van der Waals surface area contributed by atoms with E-state index in [1.165, 1.54) is 11.3 Å². The molecule has 0 fully saturated rings. The van der Waals surface area contributed by atoms with Gasteiger partial charge in [0.2, 0.25) is 0 Å². The van der Waals surface area contributed by atoms with Gasteiger partial charge < -0.3 is 9.84 Å². The van der Waals surface area contributed by atoms with Crippen molar-refractivity contribution in [1.29, 1.82) is 0 Å². The Labute approximate surface area is 102 Å². The zero-order chi connectivity index (χ0) is 11.4. The summed E-state index contributed by atoms with van der Waals surface area (Å²) in [6.07, 6.45) is 0.565. The number of aliphatic hydroxyl groups excluding tert-OH is 1. The van der Waals surface area contributed by atoms with Crippen molar-refractivity contribution in [3.05, 3.63) is 40.4 Å². The second-order valence-corrected chi connectivity index (χ2v) is 4.33. The van der Waals surface area contributed by atoms with Gasteiger partial charge in [0, 0.05) is 12.0 Å². The topological polar surface area (TPSA) is 42.4 Å². The Morgan fingerprint density at radius 1 is 1.38 bits per heavy atom. The number of aliphatic hydroxyl groups is 1. The first-order valence-corrected chi connectivity index (χ1v) is 6.03. The Hall–Kier alpha value is -1.10. The highest BCUT2D eigenvalue weighted by molar-refractivity contribution is 7.11. The normalized spacial score (nSPS) is 10.4. The molecule has 3 nitrogen and oxygen atoms in total. The van der Waals surface area contributed by atoms with E-state index in [4.69, 9.17) is 21.4 Å². The molecular weight excluding hydrogens is 246 g/mol. The smallest absolute Gasteiger partial charge is 0.280 e. The van der Waals surface area contributed by atoms with Crippen LogP contribution in [0.25, 0.3) is 0 Å². The number of ether oxygens (including phenoxy) is 1. The van der Waals surface area contributed by atoms with E-state index in [2.05, 4.69) is 4.98 Å². The molecule has 84 valence electrons. The molecule has 1 aromatic heterocycles. The molecule has 0 aliphatic rings. The van der Waals surface area contributed by atoms with Gasteiger partial charge in [0.15, 0.2) is 0 Å². The third kappa shape index (κ3) is 2.72. The Kier molecular flexibility index (Phi) is 3.77. The van der Waals surface area contributed by atoms with Gasteiger partial charge in [-0.2, -0.15) is 4.98 Å². The van der Waals surface area contributed by atoms with Crippen LogP contribution in [0.3, 0.4) is 0 Å². The summed E-state index contributed by atoms with van der Waals surface area (Å²) in [4.78, 5) is 4.01. The van der Waals surface area contributed by atoms with Gasteiger partial charge >= 0.3 is 0 Å². The van der Waals surface area contributed by atoms with Gasteiger partial charge in [-0.05, 0) is 18.1 Å². The van der Waals surface area contributed by atoms with Crippen LogP contribution in [0.1, 0.15) is 5.56 Å². The molecule has 1 aromatic carbocycles. The van der Waals surface area contributed by atoms with Crippen LogP contribution < -0.4 is 4.74 Å². The van der Waals surface area contributed by atoms with E-state index in [0.717, 1.165) is 5.56 Å². The highest BCUT2D eigenvalue weighted by atomic mass is 35.5. The minimum atomic E-state index is 0.0962. The van der Waals surface area contributed by atoms with Crippen molar-refractivity contribution in [3.8, 4) is 10.9 Å². The Balaban J connectivity index is 2.20. The number of para-hydroxylation sites is 1. The van der Waals surface area contributed by atoms with Crippen LogP contribution in [0.5, 0.6) is 10.9 Å². The first kappa shape index (κ1) is 11.4. The highest BCUT2D eigenvalue weighted by Crippen LogP contribution is 2.29. The molecule has 0 aliphatic heterocycles. The van der Waals surface area contributed by atoms with Crippen molar-refractivity contribution in [3.63, 3.8) is 0 Å². The molecule has 1 N–H and O–H groups in total. The van der Waals surface area contributed by atoms with Crippen molar-refractivity contribution in [2.24, 2.45) is 0 Å². The number of hydrogen-bond donors (Lipinski definition) is 1. The molecule has 0 bridgehead atoms. The minimum absolute atomic E-state index is 0.0962. The van der Waals surface area contributed by atoms with Crippen LogP contribution >= 0.6 is 22.9 Å². The highest BCUT2D eigenvalue weighted by Gasteiger charge is 2.06. The van der Waals surface area contributed by atoms with Crippen molar-refractivity contribution in [1.82, 2.24) is 4.98 Å². The molecule has 5 heteroatoms. The predicted molar refractivity (Wildman–Crippen MR) is 64.4 cm³/mol. The average molecular weight is 256 g/mol. The van der Waals surface area contributed by atoms with Crippen LogP contribution in [0.15, 0.2) is 29.6 Å². The second-order valence-electron chi connectivity index (χ2n) is 3.12. The summed E-state index contributed by atoms with van der Waals surface area (Å²) >= 11 is 7.05. The number of benzene rings is 1. The second kappa shape index (κ2) is 5.30. The fraction of sp³-hybridized carbons (Fsp3) is 0.182. The Morgan fingerprint density at radius 3 is 2.88 bits per heavy atom. The van der Waals surface area contributed by atoms with Gasteiger partial charge in [-0.1, -0.05) is 41.1 Å².